The highest BCUT2D eigenvalue weighted by Gasteiger charge is 2.26. The van der Waals surface area contributed by atoms with Crippen molar-refractivity contribution in [3.8, 4) is 0 Å². The Hall–Kier alpha value is -1.84. The molecule has 84 valence electrons. The Kier molecular flexibility index (Phi) is 2.90. The Morgan fingerprint density at radius 3 is 2.62 bits per heavy atom. The minimum Gasteiger partial charge on any atom is -0.477 e. The summed E-state index contributed by atoms with van der Waals surface area (Å²) >= 11 is 0. The van der Waals surface area contributed by atoms with E-state index in [9.17, 15) is 4.79 Å². The highest BCUT2D eigenvalue weighted by molar-refractivity contribution is 6.10. The molecule has 1 aromatic rings. The van der Waals surface area contributed by atoms with Crippen LogP contribution in [0.15, 0.2) is 35.4 Å². The van der Waals surface area contributed by atoms with Gasteiger partial charge in [-0.1, -0.05) is 18.2 Å². The van der Waals surface area contributed by atoms with Crippen LogP contribution in [-0.4, -0.2) is 17.9 Å². The van der Waals surface area contributed by atoms with Crippen molar-refractivity contribution in [3.63, 3.8) is 0 Å². The normalized spacial score (nSPS) is 15.6. The first-order valence-electron chi connectivity index (χ1n) is 5.29. The average Bonchev–Trinajstić information content (AvgIpc) is 2.60. The van der Waals surface area contributed by atoms with Crippen molar-refractivity contribution in [1.82, 2.24) is 0 Å². The lowest BCUT2D eigenvalue weighted by Crippen LogP contribution is -2.19. The average molecular weight is 218 g/mol. The van der Waals surface area contributed by atoms with Gasteiger partial charge in [0.1, 0.15) is 6.42 Å². The molecule has 0 unspecified atom stereocenters. The molecule has 0 aliphatic carbocycles. The monoisotopic (exact) mass is 218 g/mol. The van der Waals surface area contributed by atoms with Crippen molar-refractivity contribution < 1.29 is 9.53 Å². The van der Waals surface area contributed by atoms with Gasteiger partial charge in [0.05, 0.1) is 11.8 Å². The molecular formula is C12H14N2O2. The zero-order chi connectivity index (χ0) is 11.5. The Morgan fingerprint density at radius 1 is 1.31 bits per heavy atom. The van der Waals surface area contributed by atoms with Crippen LogP contribution in [0.5, 0.6) is 0 Å². The maximum absolute atomic E-state index is 11.7. The maximum atomic E-state index is 11.7. The number of hydrazone groups is 1. The summed E-state index contributed by atoms with van der Waals surface area (Å²) in [6.45, 7) is 3.83. The molecule has 0 aromatic heterocycles. The maximum Gasteiger partial charge on any atom is 0.256 e. The molecular weight excluding hydrogens is 204 g/mol. The number of nitrogens with zero attached hydrogens (tertiary/aromatic N) is 2. The molecule has 0 radical (unpaired) electrons. The Labute approximate surface area is 94.5 Å². The van der Waals surface area contributed by atoms with E-state index in [-0.39, 0.29) is 18.4 Å². The van der Waals surface area contributed by atoms with Crippen LogP contribution in [0.4, 0.5) is 5.69 Å². The first-order valence-corrected chi connectivity index (χ1v) is 5.29. The van der Waals surface area contributed by atoms with Gasteiger partial charge in [0.2, 0.25) is 5.90 Å². The first kappa shape index (κ1) is 10.7. The summed E-state index contributed by atoms with van der Waals surface area (Å²) in [4.78, 5) is 11.7. The summed E-state index contributed by atoms with van der Waals surface area (Å²) in [5.74, 6) is 0.436. The van der Waals surface area contributed by atoms with Crippen LogP contribution in [-0.2, 0) is 9.53 Å². The third-order valence-corrected chi connectivity index (χ3v) is 2.12. The standard InChI is InChI=1S/C12H14N2O2/c1-9(2)16-11-8-12(15)14(13-11)10-6-4-3-5-7-10/h3-7,9H,8H2,1-2H3. The predicted molar refractivity (Wildman–Crippen MR) is 62.2 cm³/mol. The van der Waals surface area contributed by atoms with E-state index in [0.717, 1.165) is 5.69 Å². The summed E-state index contributed by atoms with van der Waals surface area (Å²) in [6.07, 6.45) is 0.287. The zero-order valence-electron chi connectivity index (χ0n) is 9.38. The number of benzene rings is 1. The highest BCUT2D eigenvalue weighted by Crippen LogP contribution is 2.20. The molecule has 1 aliphatic heterocycles. The van der Waals surface area contributed by atoms with Crippen LogP contribution < -0.4 is 5.01 Å². The molecule has 1 amide bonds. The van der Waals surface area contributed by atoms with Crippen molar-refractivity contribution >= 4 is 17.5 Å². The number of ether oxygens (including phenoxy) is 1. The third kappa shape index (κ3) is 2.21. The van der Waals surface area contributed by atoms with Gasteiger partial charge in [0, 0.05) is 0 Å². The van der Waals surface area contributed by atoms with Gasteiger partial charge < -0.3 is 4.74 Å². The van der Waals surface area contributed by atoms with Crippen molar-refractivity contribution in [3.05, 3.63) is 30.3 Å². The fourth-order valence-electron chi connectivity index (χ4n) is 1.52. The van der Waals surface area contributed by atoms with Crippen LogP contribution in [0.2, 0.25) is 0 Å². The molecule has 4 nitrogen and oxygen atoms in total. The lowest BCUT2D eigenvalue weighted by Gasteiger charge is -2.10. The minimum absolute atomic E-state index is 0.0438. The summed E-state index contributed by atoms with van der Waals surface area (Å²) in [6, 6.07) is 9.34. The van der Waals surface area contributed by atoms with E-state index < -0.39 is 0 Å². The van der Waals surface area contributed by atoms with Gasteiger partial charge in [-0.2, -0.15) is 5.01 Å². The van der Waals surface area contributed by atoms with E-state index in [1.54, 1.807) is 0 Å². The molecule has 1 aliphatic rings. The minimum atomic E-state index is -0.0538. The highest BCUT2D eigenvalue weighted by atomic mass is 16.5. The van der Waals surface area contributed by atoms with E-state index in [1.807, 2.05) is 44.2 Å². The molecule has 0 N–H and O–H groups in total. The van der Waals surface area contributed by atoms with E-state index in [2.05, 4.69) is 5.10 Å². The number of rotatable bonds is 2. The summed E-state index contributed by atoms with van der Waals surface area (Å²) < 4.78 is 5.42. The van der Waals surface area contributed by atoms with Gasteiger partial charge in [-0.15, -0.1) is 5.10 Å². The molecule has 0 atom stereocenters. The van der Waals surface area contributed by atoms with Crippen molar-refractivity contribution in [2.45, 2.75) is 26.4 Å². The molecule has 16 heavy (non-hydrogen) atoms. The largest absolute Gasteiger partial charge is 0.477 e. The predicted octanol–water partition coefficient (Wildman–Crippen LogP) is 2.16. The molecule has 4 heteroatoms. The molecule has 0 bridgehead atoms. The zero-order valence-corrected chi connectivity index (χ0v) is 9.38. The molecule has 0 fully saturated rings. The van der Waals surface area contributed by atoms with E-state index in [0.29, 0.717) is 5.90 Å². The number of anilines is 1. The fourth-order valence-corrected chi connectivity index (χ4v) is 1.52. The second kappa shape index (κ2) is 4.35. The van der Waals surface area contributed by atoms with Crippen molar-refractivity contribution in [2.24, 2.45) is 5.10 Å². The number of para-hydroxylation sites is 1. The van der Waals surface area contributed by atoms with Gasteiger partial charge in [0.25, 0.3) is 5.91 Å². The van der Waals surface area contributed by atoms with Gasteiger partial charge >= 0.3 is 0 Å². The van der Waals surface area contributed by atoms with E-state index in [4.69, 9.17) is 4.74 Å². The number of carbonyl (C=O) groups is 1. The van der Waals surface area contributed by atoms with Gasteiger partial charge in [-0.25, -0.2) is 0 Å². The molecule has 2 rings (SSSR count). The molecule has 0 spiro atoms. The lowest BCUT2D eigenvalue weighted by atomic mass is 10.3. The number of hydrogen-bond donors (Lipinski definition) is 0. The summed E-state index contributed by atoms with van der Waals surface area (Å²) in [5, 5.41) is 5.54. The first-order chi connectivity index (χ1) is 7.66. The van der Waals surface area contributed by atoms with E-state index in [1.165, 1.54) is 5.01 Å². The number of hydrogen-bond acceptors (Lipinski definition) is 3. The number of amides is 1. The summed E-state index contributed by atoms with van der Waals surface area (Å²) in [7, 11) is 0. The van der Waals surface area contributed by atoms with Crippen LogP contribution >= 0.6 is 0 Å². The smallest absolute Gasteiger partial charge is 0.256 e. The van der Waals surface area contributed by atoms with Gasteiger partial charge in [-0.3, -0.25) is 4.79 Å². The lowest BCUT2D eigenvalue weighted by molar-refractivity contribution is -0.117. The van der Waals surface area contributed by atoms with Gasteiger partial charge in [0.15, 0.2) is 0 Å². The molecule has 0 saturated heterocycles. The summed E-state index contributed by atoms with van der Waals surface area (Å²) in [5.41, 5.74) is 0.773. The van der Waals surface area contributed by atoms with E-state index >= 15 is 0 Å². The Morgan fingerprint density at radius 2 is 2.00 bits per heavy atom. The third-order valence-electron chi connectivity index (χ3n) is 2.12. The van der Waals surface area contributed by atoms with Crippen LogP contribution in [0, 0.1) is 0 Å². The van der Waals surface area contributed by atoms with Crippen LogP contribution in [0.3, 0.4) is 0 Å². The van der Waals surface area contributed by atoms with Crippen molar-refractivity contribution in [1.29, 1.82) is 0 Å². The van der Waals surface area contributed by atoms with Crippen molar-refractivity contribution in [2.75, 3.05) is 5.01 Å². The van der Waals surface area contributed by atoms with Crippen LogP contribution in [0.1, 0.15) is 20.3 Å². The topological polar surface area (TPSA) is 41.9 Å². The fraction of sp³-hybridized carbons (Fsp3) is 0.333. The quantitative estimate of drug-likeness (QED) is 0.763. The second-order valence-electron chi connectivity index (χ2n) is 3.88. The SMILES string of the molecule is CC(C)OC1=NN(c2ccccc2)C(=O)C1. The Bertz CT molecular complexity index is 412. The molecule has 0 saturated carbocycles. The second-order valence-corrected chi connectivity index (χ2v) is 3.88. The number of carbonyl (C=O) groups excluding carboxylic acids is 1. The Balaban J connectivity index is 2.17. The van der Waals surface area contributed by atoms with Crippen LogP contribution in [0.25, 0.3) is 0 Å². The molecule has 1 heterocycles. The molecule has 1 aromatic carbocycles. The van der Waals surface area contributed by atoms with Gasteiger partial charge in [-0.05, 0) is 26.0 Å².